The minimum atomic E-state index is 0.595. The Hall–Kier alpha value is -2.16. The molecule has 81 valence electrons. The van der Waals surface area contributed by atoms with Crippen LogP contribution in [-0.4, -0.2) is 7.11 Å². The van der Waals surface area contributed by atoms with Gasteiger partial charge in [0.15, 0.2) is 0 Å². The Bertz CT molecular complexity index is 466. The summed E-state index contributed by atoms with van der Waals surface area (Å²) < 4.78 is 10.7. The number of nitrogens with two attached hydrogens (primary N) is 1. The predicted octanol–water partition coefficient (Wildman–Crippen LogP) is 2.87. The molecule has 0 atom stereocenters. The highest BCUT2D eigenvalue weighted by Gasteiger charge is 1.98. The van der Waals surface area contributed by atoms with Gasteiger partial charge in [-0.2, -0.15) is 0 Å². The van der Waals surface area contributed by atoms with Crippen molar-refractivity contribution >= 4 is 5.69 Å². The number of rotatable bonds is 3. The fourth-order valence-electron chi connectivity index (χ4n) is 1.29. The summed E-state index contributed by atoms with van der Waals surface area (Å²) in [5, 5.41) is 0. The van der Waals surface area contributed by atoms with E-state index in [0.717, 1.165) is 11.5 Å². The normalized spacial score (nSPS) is 9.81. The van der Waals surface area contributed by atoms with Gasteiger partial charge in [0.2, 0.25) is 0 Å². The highest BCUT2D eigenvalue weighted by molar-refractivity contribution is 5.42. The number of hydrogen-bond donors (Lipinski definition) is 1. The third-order valence-electron chi connectivity index (χ3n) is 2.09. The lowest BCUT2D eigenvalue weighted by Crippen LogP contribution is -1.88. The molecular weight excluding hydrogens is 202 g/mol. The first-order chi connectivity index (χ1) is 7.78. The SMILES string of the molecule is COc1cccc(Oc2c[c]c(N)cc2)c1. The second-order valence-corrected chi connectivity index (χ2v) is 3.26. The van der Waals surface area contributed by atoms with E-state index in [1.807, 2.05) is 24.3 Å². The lowest BCUT2D eigenvalue weighted by atomic mass is 10.3. The standard InChI is InChI=1S/C13H12NO2/c1-15-12-3-2-4-13(9-12)16-11-7-5-10(14)6-8-11/h2-5,7-9H,14H2,1H3. The zero-order valence-electron chi connectivity index (χ0n) is 8.94. The van der Waals surface area contributed by atoms with Crippen molar-refractivity contribution in [2.75, 3.05) is 12.8 Å². The van der Waals surface area contributed by atoms with E-state index in [9.17, 15) is 0 Å². The third-order valence-corrected chi connectivity index (χ3v) is 2.09. The molecule has 0 unspecified atom stereocenters. The first-order valence-electron chi connectivity index (χ1n) is 4.87. The Morgan fingerprint density at radius 1 is 1.06 bits per heavy atom. The average Bonchev–Trinajstić information content (AvgIpc) is 2.32. The molecule has 0 aliphatic carbocycles. The minimum absolute atomic E-state index is 0.595. The smallest absolute Gasteiger partial charge is 0.131 e. The zero-order chi connectivity index (χ0) is 11.4. The molecule has 0 bridgehead atoms. The van der Waals surface area contributed by atoms with Crippen LogP contribution in [0.1, 0.15) is 0 Å². The van der Waals surface area contributed by atoms with E-state index >= 15 is 0 Å². The fraction of sp³-hybridized carbons (Fsp3) is 0.0769. The van der Waals surface area contributed by atoms with Crippen LogP contribution in [0.4, 0.5) is 5.69 Å². The minimum Gasteiger partial charge on any atom is -0.497 e. The Labute approximate surface area is 94.4 Å². The largest absolute Gasteiger partial charge is 0.497 e. The molecule has 3 heteroatoms. The van der Waals surface area contributed by atoms with Crippen LogP contribution in [0.15, 0.2) is 42.5 Å². The molecule has 2 N–H and O–H groups in total. The van der Waals surface area contributed by atoms with Crippen LogP contribution in [-0.2, 0) is 0 Å². The molecule has 3 nitrogen and oxygen atoms in total. The molecule has 0 aliphatic heterocycles. The van der Waals surface area contributed by atoms with Crippen molar-refractivity contribution in [1.82, 2.24) is 0 Å². The molecule has 2 rings (SSSR count). The first kappa shape index (κ1) is 10.4. The van der Waals surface area contributed by atoms with Crippen LogP contribution in [0.25, 0.3) is 0 Å². The molecule has 0 aliphatic rings. The van der Waals surface area contributed by atoms with Gasteiger partial charge in [0.25, 0.3) is 0 Å². The molecule has 16 heavy (non-hydrogen) atoms. The highest BCUT2D eigenvalue weighted by Crippen LogP contribution is 2.25. The average molecular weight is 214 g/mol. The van der Waals surface area contributed by atoms with Gasteiger partial charge in [-0.3, -0.25) is 0 Å². The molecular formula is C13H12NO2. The predicted molar refractivity (Wildman–Crippen MR) is 62.8 cm³/mol. The van der Waals surface area contributed by atoms with E-state index in [4.69, 9.17) is 15.2 Å². The van der Waals surface area contributed by atoms with Crippen molar-refractivity contribution in [2.24, 2.45) is 0 Å². The van der Waals surface area contributed by atoms with Crippen LogP contribution in [0.5, 0.6) is 17.2 Å². The summed E-state index contributed by atoms with van der Waals surface area (Å²) in [5.41, 5.74) is 6.13. The maximum absolute atomic E-state index is 5.61. The van der Waals surface area contributed by atoms with Gasteiger partial charge in [-0.25, -0.2) is 0 Å². The molecule has 2 aromatic carbocycles. The fourth-order valence-corrected chi connectivity index (χ4v) is 1.29. The van der Waals surface area contributed by atoms with Crippen molar-refractivity contribution in [3.63, 3.8) is 0 Å². The van der Waals surface area contributed by atoms with Crippen molar-refractivity contribution in [3.8, 4) is 17.2 Å². The van der Waals surface area contributed by atoms with E-state index in [0.29, 0.717) is 11.4 Å². The van der Waals surface area contributed by atoms with E-state index in [-0.39, 0.29) is 0 Å². The molecule has 0 saturated heterocycles. The second kappa shape index (κ2) is 4.57. The Morgan fingerprint density at radius 2 is 1.88 bits per heavy atom. The van der Waals surface area contributed by atoms with Crippen LogP contribution in [0.3, 0.4) is 0 Å². The summed E-state index contributed by atoms with van der Waals surface area (Å²) in [7, 11) is 1.62. The quantitative estimate of drug-likeness (QED) is 0.799. The summed E-state index contributed by atoms with van der Waals surface area (Å²) in [4.78, 5) is 0. The Kier molecular flexibility index (Phi) is 2.96. The van der Waals surface area contributed by atoms with Crippen LogP contribution in [0.2, 0.25) is 0 Å². The maximum atomic E-state index is 5.61. The number of nitrogen functional groups attached to an aromatic ring is 1. The lowest BCUT2D eigenvalue weighted by molar-refractivity contribution is 0.409. The van der Waals surface area contributed by atoms with Crippen molar-refractivity contribution < 1.29 is 9.47 Å². The molecule has 0 amide bonds. The van der Waals surface area contributed by atoms with Gasteiger partial charge in [0.05, 0.1) is 7.11 Å². The topological polar surface area (TPSA) is 44.5 Å². The highest BCUT2D eigenvalue weighted by atomic mass is 16.5. The summed E-state index contributed by atoms with van der Waals surface area (Å²) in [5.74, 6) is 2.18. The zero-order valence-corrected chi connectivity index (χ0v) is 8.94. The molecule has 0 saturated carbocycles. The molecule has 0 aromatic heterocycles. The van der Waals surface area contributed by atoms with Crippen molar-refractivity contribution in [1.29, 1.82) is 0 Å². The number of benzene rings is 2. The van der Waals surface area contributed by atoms with Crippen LogP contribution < -0.4 is 15.2 Å². The maximum Gasteiger partial charge on any atom is 0.131 e. The van der Waals surface area contributed by atoms with E-state index in [1.165, 1.54) is 0 Å². The molecule has 0 fully saturated rings. The van der Waals surface area contributed by atoms with E-state index in [2.05, 4.69) is 6.07 Å². The van der Waals surface area contributed by atoms with Gasteiger partial charge < -0.3 is 15.2 Å². The summed E-state index contributed by atoms with van der Waals surface area (Å²) in [6, 6.07) is 15.5. The molecule has 0 heterocycles. The summed E-state index contributed by atoms with van der Waals surface area (Å²) in [6.45, 7) is 0. The third kappa shape index (κ3) is 2.45. The number of methoxy groups -OCH3 is 1. The van der Waals surface area contributed by atoms with Gasteiger partial charge >= 0.3 is 0 Å². The molecule has 2 aromatic rings. The van der Waals surface area contributed by atoms with Gasteiger partial charge in [-0.05, 0) is 30.3 Å². The number of anilines is 1. The van der Waals surface area contributed by atoms with E-state index in [1.54, 1.807) is 25.3 Å². The monoisotopic (exact) mass is 214 g/mol. The Morgan fingerprint density at radius 3 is 2.56 bits per heavy atom. The van der Waals surface area contributed by atoms with E-state index < -0.39 is 0 Å². The second-order valence-electron chi connectivity index (χ2n) is 3.26. The van der Waals surface area contributed by atoms with Crippen LogP contribution in [0, 0.1) is 6.07 Å². The van der Waals surface area contributed by atoms with Crippen molar-refractivity contribution in [3.05, 3.63) is 48.5 Å². The van der Waals surface area contributed by atoms with Gasteiger partial charge in [0.1, 0.15) is 17.2 Å². The molecule has 0 spiro atoms. The van der Waals surface area contributed by atoms with Gasteiger partial charge in [-0.1, -0.05) is 6.07 Å². The summed E-state index contributed by atoms with van der Waals surface area (Å²) >= 11 is 0. The number of ether oxygens (including phenoxy) is 2. The van der Waals surface area contributed by atoms with Crippen LogP contribution >= 0.6 is 0 Å². The summed E-state index contributed by atoms with van der Waals surface area (Å²) in [6.07, 6.45) is 0. The molecule has 1 radical (unpaired) electrons. The number of hydrogen-bond acceptors (Lipinski definition) is 3. The van der Waals surface area contributed by atoms with Crippen molar-refractivity contribution in [2.45, 2.75) is 0 Å². The van der Waals surface area contributed by atoms with Gasteiger partial charge in [0, 0.05) is 17.8 Å². The lowest BCUT2D eigenvalue weighted by Gasteiger charge is -2.07. The van der Waals surface area contributed by atoms with Gasteiger partial charge in [-0.15, -0.1) is 0 Å². The first-order valence-corrected chi connectivity index (χ1v) is 4.87. The Balaban J connectivity index is 2.16.